The van der Waals surface area contributed by atoms with E-state index in [2.05, 4.69) is 111 Å². The van der Waals surface area contributed by atoms with E-state index in [1.165, 1.54) is 16.6 Å². The van der Waals surface area contributed by atoms with Crippen molar-refractivity contribution < 1.29 is 9.31 Å². The summed E-state index contributed by atoms with van der Waals surface area (Å²) in [6, 6.07) is 29.8. The highest BCUT2D eigenvalue weighted by molar-refractivity contribution is 6.62. The standard InChI is InChI=1S/C26H26BNO2/c1-25(2)26(3,4)30-27(29-25)21-16-15-20-17-23(19-11-7-5-8-12-19)28(24(20)18-21)22-13-9-6-10-14-22/h5-18H,1-4H3. The van der Waals surface area contributed by atoms with Gasteiger partial charge in [0, 0.05) is 11.1 Å². The largest absolute Gasteiger partial charge is 0.494 e. The van der Waals surface area contributed by atoms with E-state index in [4.69, 9.17) is 9.31 Å². The van der Waals surface area contributed by atoms with Crippen LogP contribution in [0.25, 0.3) is 27.8 Å². The van der Waals surface area contributed by atoms with Crippen molar-refractivity contribution in [3.63, 3.8) is 0 Å². The van der Waals surface area contributed by atoms with E-state index in [1.54, 1.807) is 0 Å². The predicted octanol–water partition coefficient (Wildman–Crippen LogP) is 5.60. The van der Waals surface area contributed by atoms with Gasteiger partial charge in [-0.15, -0.1) is 0 Å². The molecule has 1 aliphatic heterocycles. The van der Waals surface area contributed by atoms with Gasteiger partial charge in [-0.05, 0) is 63.0 Å². The molecule has 5 rings (SSSR count). The minimum absolute atomic E-state index is 0.358. The van der Waals surface area contributed by atoms with Crippen LogP contribution in [0, 0.1) is 0 Å². The van der Waals surface area contributed by atoms with Crippen molar-refractivity contribution in [1.82, 2.24) is 4.57 Å². The molecule has 0 amide bonds. The molecule has 4 heteroatoms. The topological polar surface area (TPSA) is 23.4 Å². The molecule has 1 aliphatic rings. The molecule has 4 aromatic rings. The third-order valence-corrected chi connectivity index (χ3v) is 6.44. The third kappa shape index (κ3) is 3.08. The van der Waals surface area contributed by atoms with Gasteiger partial charge in [0.05, 0.1) is 22.4 Å². The second-order valence-corrected chi connectivity index (χ2v) is 8.97. The molecule has 150 valence electrons. The maximum Gasteiger partial charge on any atom is 0.494 e. The summed E-state index contributed by atoms with van der Waals surface area (Å²) < 4.78 is 14.9. The second-order valence-electron chi connectivity index (χ2n) is 8.97. The maximum absolute atomic E-state index is 6.30. The summed E-state index contributed by atoms with van der Waals surface area (Å²) in [6.45, 7) is 8.36. The number of nitrogens with zero attached hydrogens (tertiary/aromatic N) is 1. The maximum atomic E-state index is 6.30. The van der Waals surface area contributed by atoms with E-state index in [0.29, 0.717) is 0 Å². The zero-order chi connectivity index (χ0) is 20.9. The number of aromatic nitrogens is 1. The van der Waals surface area contributed by atoms with Gasteiger partial charge >= 0.3 is 7.12 Å². The number of hydrogen-bond donors (Lipinski definition) is 0. The molecule has 1 fully saturated rings. The lowest BCUT2D eigenvalue weighted by molar-refractivity contribution is 0.00578. The molecule has 30 heavy (non-hydrogen) atoms. The lowest BCUT2D eigenvalue weighted by Crippen LogP contribution is -2.41. The zero-order valence-electron chi connectivity index (χ0n) is 17.9. The van der Waals surface area contributed by atoms with Crippen molar-refractivity contribution in [2.45, 2.75) is 38.9 Å². The number of benzene rings is 3. The normalized spacial score (nSPS) is 17.5. The SMILES string of the molecule is CC1(C)OB(c2ccc3cc(-c4ccccc4)n(-c4ccccc4)c3c2)OC1(C)C. The quantitative estimate of drug-likeness (QED) is 0.422. The highest BCUT2D eigenvalue weighted by Crippen LogP contribution is 2.37. The van der Waals surface area contributed by atoms with Crippen LogP contribution in [0.1, 0.15) is 27.7 Å². The van der Waals surface area contributed by atoms with E-state index in [-0.39, 0.29) is 18.3 Å². The molecule has 1 aromatic heterocycles. The van der Waals surface area contributed by atoms with Crippen LogP contribution >= 0.6 is 0 Å². The van der Waals surface area contributed by atoms with Gasteiger partial charge in [0.2, 0.25) is 0 Å². The molecule has 0 atom stereocenters. The van der Waals surface area contributed by atoms with Crippen LogP contribution in [0.15, 0.2) is 84.9 Å². The molecule has 0 saturated carbocycles. The zero-order valence-corrected chi connectivity index (χ0v) is 17.9. The van der Waals surface area contributed by atoms with Gasteiger partial charge in [-0.2, -0.15) is 0 Å². The first-order valence-electron chi connectivity index (χ1n) is 10.5. The van der Waals surface area contributed by atoms with Crippen LogP contribution in [-0.2, 0) is 9.31 Å². The molecule has 3 aromatic carbocycles. The lowest BCUT2D eigenvalue weighted by Gasteiger charge is -2.32. The monoisotopic (exact) mass is 395 g/mol. The number of para-hydroxylation sites is 1. The third-order valence-electron chi connectivity index (χ3n) is 6.44. The average molecular weight is 395 g/mol. The van der Waals surface area contributed by atoms with Crippen molar-refractivity contribution in [2.24, 2.45) is 0 Å². The number of fused-ring (bicyclic) bond motifs is 1. The Bertz CT molecular complexity index is 1180. The second kappa shape index (κ2) is 6.87. The Hall–Kier alpha value is -2.82. The van der Waals surface area contributed by atoms with Crippen LogP contribution in [-0.4, -0.2) is 22.9 Å². The number of rotatable bonds is 3. The molecular formula is C26H26BNO2. The summed E-state index contributed by atoms with van der Waals surface area (Å²) in [5.41, 5.74) is 4.96. The lowest BCUT2D eigenvalue weighted by atomic mass is 9.79. The van der Waals surface area contributed by atoms with Gasteiger partial charge in [-0.3, -0.25) is 0 Å². The molecule has 0 N–H and O–H groups in total. The average Bonchev–Trinajstić information content (AvgIpc) is 3.22. The molecule has 0 radical (unpaired) electrons. The Labute approximate surface area is 178 Å². The van der Waals surface area contributed by atoms with Crippen molar-refractivity contribution in [2.75, 3.05) is 0 Å². The van der Waals surface area contributed by atoms with Gasteiger partial charge in [-0.1, -0.05) is 60.7 Å². The van der Waals surface area contributed by atoms with Crippen molar-refractivity contribution >= 4 is 23.5 Å². The summed E-state index contributed by atoms with van der Waals surface area (Å²) >= 11 is 0. The van der Waals surface area contributed by atoms with Gasteiger partial charge in [0.1, 0.15) is 0 Å². The Morgan fingerprint density at radius 2 is 1.30 bits per heavy atom. The Morgan fingerprint density at radius 1 is 0.700 bits per heavy atom. The van der Waals surface area contributed by atoms with Crippen LogP contribution in [0.3, 0.4) is 0 Å². The first-order valence-corrected chi connectivity index (χ1v) is 10.5. The van der Waals surface area contributed by atoms with E-state index >= 15 is 0 Å². The molecule has 0 spiro atoms. The fourth-order valence-corrected chi connectivity index (χ4v) is 4.02. The van der Waals surface area contributed by atoms with Gasteiger partial charge in [0.15, 0.2) is 0 Å². The number of hydrogen-bond acceptors (Lipinski definition) is 2. The molecule has 2 heterocycles. The molecule has 1 saturated heterocycles. The fraction of sp³-hybridized carbons (Fsp3) is 0.231. The van der Waals surface area contributed by atoms with Gasteiger partial charge in [0.25, 0.3) is 0 Å². The van der Waals surface area contributed by atoms with Crippen LogP contribution in [0.2, 0.25) is 0 Å². The van der Waals surface area contributed by atoms with Crippen molar-refractivity contribution in [1.29, 1.82) is 0 Å². The van der Waals surface area contributed by atoms with Crippen molar-refractivity contribution in [3.8, 4) is 16.9 Å². The van der Waals surface area contributed by atoms with E-state index in [1.807, 2.05) is 6.07 Å². The summed E-state index contributed by atoms with van der Waals surface area (Å²) in [5.74, 6) is 0. The highest BCUT2D eigenvalue weighted by Gasteiger charge is 2.51. The van der Waals surface area contributed by atoms with Gasteiger partial charge in [-0.25, -0.2) is 0 Å². The fourth-order valence-electron chi connectivity index (χ4n) is 4.02. The minimum atomic E-state index is -0.376. The molecular weight excluding hydrogens is 369 g/mol. The van der Waals surface area contributed by atoms with E-state index in [9.17, 15) is 0 Å². The van der Waals surface area contributed by atoms with E-state index < -0.39 is 0 Å². The smallest absolute Gasteiger partial charge is 0.399 e. The summed E-state index contributed by atoms with van der Waals surface area (Å²) in [4.78, 5) is 0. The van der Waals surface area contributed by atoms with Crippen LogP contribution < -0.4 is 5.46 Å². The van der Waals surface area contributed by atoms with Crippen molar-refractivity contribution in [3.05, 3.63) is 84.9 Å². The highest BCUT2D eigenvalue weighted by atomic mass is 16.7. The van der Waals surface area contributed by atoms with E-state index in [0.717, 1.165) is 16.7 Å². The first kappa shape index (κ1) is 19.2. The predicted molar refractivity (Wildman–Crippen MR) is 124 cm³/mol. The Morgan fingerprint density at radius 3 is 1.93 bits per heavy atom. The molecule has 0 unspecified atom stereocenters. The summed E-state index contributed by atoms with van der Waals surface area (Å²) in [5, 5.41) is 1.19. The Balaban J connectivity index is 1.69. The van der Waals surface area contributed by atoms with Gasteiger partial charge < -0.3 is 13.9 Å². The summed E-state index contributed by atoms with van der Waals surface area (Å²) in [7, 11) is -0.376. The molecule has 0 bridgehead atoms. The first-order chi connectivity index (χ1) is 14.4. The summed E-state index contributed by atoms with van der Waals surface area (Å²) in [6.07, 6.45) is 0. The minimum Gasteiger partial charge on any atom is -0.399 e. The van der Waals surface area contributed by atoms with Crippen LogP contribution in [0.5, 0.6) is 0 Å². The Kier molecular flexibility index (Phi) is 4.39. The molecule has 3 nitrogen and oxygen atoms in total. The van der Waals surface area contributed by atoms with Crippen LogP contribution in [0.4, 0.5) is 0 Å². The molecule has 0 aliphatic carbocycles.